The van der Waals surface area contributed by atoms with Gasteiger partial charge in [-0.1, -0.05) is 22.8 Å². The van der Waals surface area contributed by atoms with Crippen molar-refractivity contribution in [1.82, 2.24) is 5.16 Å². The van der Waals surface area contributed by atoms with E-state index in [-0.39, 0.29) is 5.78 Å². The Morgan fingerprint density at radius 1 is 1.35 bits per heavy atom. The summed E-state index contributed by atoms with van der Waals surface area (Å²) >= 11 is 6.57. The van der Waals surface area contributed by atoms with Gasteiger partial charge >= 0.3 is 0 Å². The van der Waals surface area contributed by atoms with E-state index < -0.39 is 0 Å². The molecule has 1 aromatic carbocycles. The molecule has 23 heavy (non-hydrogen) atoms. The van der Waals surface area contributed by atoms with Crippen molar-refractivity contribution in [3.8, 4) is 0 Å². The lowest BCUT2D eigenvalue weighted by Gasteiger charge is -2.11. The number of carbonyl (C=O) groups is 1. The summed E-state index contributed by atoms with van der Waals surface area (Å²) in [5.41, 5.74) is 4.04. The Labute approximate surface area is 139 Å². The van der Waals surface area contributed by atoms with Crippen molar-refractivity contribution in [3.63, 3.8) is 0 Å². The molecule has 2 aliphatic rings. The number of hydrogen-bond acceptors (Lipinski definition) is 4. The first-order chi connectivity index (χ1) is 11.1. The normalized spacial score (nSPS) is 16.7. The summed E-state index contributed by atoms with van der Waals surface area (Å²) in [6, 6.07) is 3.74. The van der Waals surface area contributed by atoms with E-state index in [0.717, 1.165) is 41.7 Å². The van der Waals surface area contributed by atoms with Crippen LogP contribution in [-0.2, 0) is 11.2 Å². The van der Waals surface area contributed by atoms with Crippen molar-refractivity contribution in [2.45, 2.75) is 32.1 Å². The summed E-state index contributed by atoms with van der Waals surface area (Å²) < 4.78 is 10.8. The zero-order chi connectivity index (χ0) is 16.1. The number of fused-ring (bicyclic) bond motifs is 1. The van der Waals surface area contributed by atoms with Crippen LogP contribution < -0.4 is 0 Å². The molecular weight excluding hydrogens is 314 g/mol. The minimum atomic E-state index is -0.138. The van der Waals surface area contributed by atoms with Gasteiger partial charge in [0.25, 0.3) is 0 Å². The Morgan fingerprint density at radius 2 is 2.13 bits per heavy atom. The molecule has 4 rings (SSSR count). The molecule has 1 fully saturated rings. The van der Waals surface area contributed by atoms with Gasteiger partial charge in [-0.25, -0.2) is 0 Å². The highest BCUT2D eigenvalue weighted by Crippen LogP contribution is 2.43. The maximum atomic E-state index is 12.9. The van der Waals surface area contributed by atoms with E-state index in [2.05, 4.69) is 5.16 Å². The Bertz CT molecular complexity index is 846. The molecule has 2 aliphatic carbocycles. The van der Waals surface area contributed by atoms with Crippen LogP contribution in [0.3, 0.4) is 0 Å². The monoisotopic (exact) mass is 329 g/mol. The Balaban J connectivity index is 1.80. The SMILES string of the molecule is COC1=C(C)Cc2ccc(C(=O)c3cnoc3C3CC3)c(Cl)c21. The second-order valence-electron chi connectivity index (χ2n) is 6.16. The van der Waals surface area contributed by atoms with Crippen molar-refractivity contribution in [2.24, 2.45) is 0 Å². The third kappa shape index (κ3) is 2.20. The number of halogens is 1. The number of nitrogens with zero attached hydrogens (tertiary/aromatic N) is 1. The molecule has 0 atom stereocenters. The highest BCUT2D eigenvalue weighted by molar-refractivity contribution is 6.36. The van der Waals surface area contributed by atoms with Crippen LogP contribution in [0.5, 0.6) is 0 Å². The Hall–Kier alpha value is -2.07. The van der Waals surface area contributed by atoms with Crippen LogP contribution in [0.25, 0.3) is 5.76 Å². The lowest BCUT2D eigenvalue weighted by Crippen LogP contribution is -2.05. The third-order valence-corrected chi connectivity index (χ3v) is 4.93. The van der Waals surface area contributed by atoms with Gasteiger partial charge in [0, 0.05) is 17.0 Å². The molecule has 0 amide bonds. The molecule has 0 aliphatic heterocycles. The van der Waals surface area contributed by atoms with Gasteiger partial charge in [-0.05, 0) is 43.4 Å². The fourth-order valence-corrected chi connectivity index (χ4v) is 3.60. The molecule has 5 heteroatoms. The van der Waals surface area contributed by atoms with Gasteiger partial charge in [0.2, 0.25) is 0 Å². The average molecular weight is 330 g/mol. The molecule has 1 heterocycles. The van der Waals surface area contributed by atoms with Gasteiger partial charge in [0.05, 0.1) is 23.9 Å². The number of rotatable bonds is 4. The fourth-order valence-electron chi connectivity index (χ4n) is 3.24. The number of methoxy groups -OCH3 is 1. The van der Waals surface area contributed by atoms with Gasteiger partial charge in [-0.3, -0.25) is 4.79 Å². The van der Waals surface area contributed by atoms with Crippen molar-refractivity contribution in [1.29, 1.82) is 0 Å². The first kappa shape index (κ1) is 14.5. The second kappa shape index (κ2) is 5.24. The summed E-state index contributed by atoms with van der Waals surface area (Å²) in [6.07, 6.45) is 4.39. The van der Waals surface area contributed by atoms with Crippen molar-refractivity contribution in [2.75, 3.05) is 7.11 Å². The Kier molecular flexibility index (Phi) is 3.31. The lowest BCUT2D eigenvalue weighted by molar-refractivity contribution is 0.103. The summed E-state index contributed by atoms with van der Waals surface area (Å²) in [4.78, 5) is 12.9. The predicted molar refractivity (Wildman–Crippen MR) is 86.7 cm³/mol. The molecule has 0 radical (unpaired) electrons. The first-order valence-corrected chi connectivity index (χ1v) is 8.04. The molecule has 0 N–H and O–H groups in total. The molecule has 0 unspecified atom stereocenters. The standard InChI is InChI=1S/C18H16ClNO3/c1-9-7-11-5-6-12(15(19)14(11)17(9)22-2)16(21)13-8-20-23-18(13)10-3-4-10/h5-6,8,10H,3-4,7H2,1-2H3. The molecule has 2 aromatic rings. The third-order valence-electron chi connectivity index (χ3n) is 4.54. The van der Waals surface area contributed by atoms with Gasteiger partial charge in [0.15, 0.2) is 11.5 Å². The van der Waals surface area contributed by atoms with Crippen LogP contribution in [0.15, 0.2) is 28.4 Å². The van der Waals surface area contributed by atoms with E-state index in [4.69, 9.17) is 20.9 Å². The number of carbonyl (C=O) groups excluding carboxylic acids is 1. The largest absolute Gasteiger partial charge is 0.496 e. The summed E-state index contributed by atoms with van der Waals surface area (Å²) in [5, 5.41) is 4.25. The van der Waals surface area contributed by atoms with Crippen LogP contribution in [0.4, 0.5) is 0 Å². The van der Waals surface area contributed by atoms with E-state index in [9.17, 15) is 4.79 Å². The fraction of sp³-hybridized carbons (Fsp3) is 0.333. The number of aromatic nitrogens is 1. The molecular formula is C18H16ClNO3. The molecule has 4 nitrogen and oxygen atoms in total. The summed E-state index contributed by atoms with van der Waals surface area (Å²) in [7, 11) is 1.63. The topological polar surface area (TPSA) is 52.3 Å². The number of ketones is 1. The summed E-state index contributed by atoms with van der Waals surface area (Å²) in [5.74, 6) is 1.64. The van der Waals surface area contributed by atoms with Crippen molar-refractivity contribution >= 4 is 23.1 Å². The molecule has 0 spiro atoms. The molecule has 0 saturated heterocycles. The average Bonchev–Trinajstić information content (AvgIpc) is 3.16. The van der Waals surface area contributed by atoms with Crippen LogP contribution in [0.2, 0.25) is 5.02 Å². The van der Waals surface area contributed by atoms with E-state index in [0.29, 0.717) is 27.8 Å². The smallest absolute Gasteiger partial charge is 0.199 e. The summed E-state index contributed by atoms with van der Waals surface area (Å²) in [6.45, 7) is 2.02. The van der Waals surface area contributed by atoms with E-state index in [1.165, 1.54) is 6.20 Å². The van der Waals surface area contributed by atoms with Crippen LogP contribution in [-0.4, -0.2) is 18.0 Å². The molecule has 1 aromatic heterocycles. The number of hydrogen-bond donors (Lipinski definition) is 0. The van der Waals surface area contributed by atoms with Gasteiger partial charge in [-0.15, -0.1) is 0 Å². The highest BCUT2D eigenvalue weighted by atomic mass is 35.5. The van der Waals surface area contributed by atoms with E-state index in [1.54, 1.807) is 13.2 Å². The second-order valence-corrected chi connectivity index (χ2v) is 6.54. The molecule has 1 saturated carbocycles. The van der Waals surface area contributed by atoms with E-state index >= 15 is 0 Å². The van der Waals surface area contributed by atoms with Crippen molar-refractivity contribution < 1.29 is 14.1 Å². The number of ether oxygens (including phenoxy) is 1. The number of benzene rings is 1. The number of allylic oxidation sites excluding steroid dienone is 1. The molecule has 0 bridgehead atoms. The Morgan fingerprint density at radius 3 is 2.83 bits per heavy atom. The van der Waals surface area contributed by atoms with Crippen LogP contribution in [0, 0.1) is 0 Å². The minimum Gasteiger partial charge on any atom is -0.496 e. The zero-order valence-electron chi connectivity index (χ0n) is 13.0. The van der Waals surface area contributed by atoms with Gasteiger partial charge in [-0.2, -0.15) is 0 Å². The first-order valence-electron chi connectivity index (χ1n) is 7.66. The van der Waals surface area contributed by atoms with E-state index in [1.807, 2.05) is 13.0 Å². The maximum absolute atomic E-state index is 12.9. The van der Waals surface area contributed by atoms with Gasteiger partial charge in [0.1, 0.15) is 5.76 Å². The predicted octanol–water partition coefficient (Wildman–Crippen LogP) is 4.37. The minimum absolute atomic E-state index is 0.138. The van der Waals surface area contributed by atoms with Gasteiger partial charge < -0.3 is 9.26 Å². The quantitative estimate of drug-likeness (QED) is 0.781. The van der Waals surface area contributed by atoms with Crippen molar-refractivity contribution in [3.05, 3.63) is 56.9 Å². The lowest BCUT2D eigenvalue weighted by atomic mass is 9.98. The highest BCUT2D eigenvalue weighted by Gasteiger charge is 2.34. The van der Waals surface area contributed by atoms with Crippen LogP contribution >= 0.6 is 11.6 Å². The molecule has 118 valence electrons. The van der Waals surface area contributed by atoms with Crippen LogP contribution in [0.1, 0.15) is 58.5 Å². The zero-order valence-corrected chi connectivity index (χ0v) is 13.7. The maximum Gasteiger partial charge on any atom is 0.199 e.